The van der Waals surface area contributed by atoms with Gasteiger partial charge in [0.2, 0.25) is 0 Å². The molecular weight excluding hydrogens is 236 g/mol. The van der Waals surface area contributed by atoms with Gasteiger partial charge < -0.3 is 0 Å². The Morgan fingerprint density at radius 1 is 1.50 bits per heavy atom. The van der Waals surface area contributed by atoms with E-state index < -0.39 is 0 Å². The van der Waals surface area contributed by atoms with Crippen molar-refractivity contribution in [1.29, 1.82) is 0 Å². The standard InChI is InChI=1S/C10H7ClOS2/c11-3-6-1-2-7-9(13)5-14-10(7)8(6)4-12/h1-2,4-5,13H,3H2. The number of fused-ring (bicyclic) bond motifs is 1. The van der Waals surface area contributed by atoms with Gasteiger partial charge in [-0.2, -0.15) is 0 Å². The van der Waals surface area contributed by atoms with Gasteiger partial charge in [0.15, 0.2) is 6.29 Å². The predicted molar refractivity (Wildman–Crippen MR) is 64.0 cm³/mol. The fraction of sp³-hybridized carbons (Fsp3) is 0.100. The molecule has 0 unspecified atom stereocenters. The first-order chi connectivity index (χ1) is 6.77. The van der Waals surface area contributed by atoms with E-state index in [4.69, 9.17) is 11.6 Å². The van der Waals surface area contributed by atoms with Crippen molar-refractivity contribution in [3.05, 3.63) is 28.6 Å². The Morgan fingerprint density at radius 2 is 2.29 bits per heavy atom. The third-order valence-corrected chi connectivity index (χ3v) is 3.97. The Kier molecular flexibility index (Phi) is 2.81. The van der Waals surface area contributed by atoms with Crippen molar-refractivity contribution in [3.63, 3.8) is 0 Å². The fourth-order valence-corrected chi connectivity index (χ4v) is 3.01. The van der Waals surface area contributed by atoms with Gasteiger partial charge in [-0.3, -0.25) is 4.79 Å². The molecule has 0 saturated heterocycles. The lowest BCUT2D eigenvalue weighted by Crippen LogP contribution is -1.88. The molecule has 0 amide bonds. The zero-order chi connectivity index (χ0) is 10.1. The summed E-state index contributed by atoms with van der Waals surface area (Å²) < 4.78 is 0.975. The molecule has 1 nitrogen and oxygen atoms in total. The first kappa shape index (κ1) is 10.0. The summed E-state index contributed by atoms with van der Waals surface area (Å²) in [5, 5.41) is 2.95. The topological polar surface area (TPSA) is 17.1 Å². The van der Waals surface area contributed by atoms with E-state index >= 15 is 0 Å². The van der Waals surface area contributed by atoms with Crippen LogP contribution in [-0.2, 0) is 5.88 Å². The van der Waals surface area contributed by atoms with Crippen molar-refractivity contribution in [1.82, 2.24) is 0 Å². The number of carbonyl (C=O) groups is 1. The van der Waals surface area contributed by atoms with Crippen molar-refractivity contribution in [2.45, 2.75) is 10.8 Å². The van der Waals surface area contributed by atoms with Crippen molar-refractivity contribution < 1.29 is 4.79 Å². The number of alkyl halides is 1. The van der Waals surface area contributed by atoms with Crippen LogP contribution >= 0.6 is 35.6 Å². The molecule has 1 aromatic heterocycles. The quantitative estimate of drug-likeness (QED) is 0.482. The van der Waals surface area contributed by atoms with E-state index in [0.29, 0.717) is 11.4 Å². The number of hydrogen-bond acceptors (Lipinski definition) is 3. The van der Waals surface area contributed by atoms with E-state index in [-0.39, 0.29) is 0 Å². The van der Waals surface area contributed by atoms with E-state index in [2.05, 4.69) is 12.6 Å². The molecule has 0 N–H and O–H groups in total. The number of hydrogen-bond donors (Lipinski definition) is 1. The van der Waals surface area contributed by atoms with Gasteiger partial charge in [0.25, 0.3) is 0 Å². The Bertz CT molecular complexity index is 490. The number of benzene rings is 1. The number of rotatable bonds is 2. The first-order valence-corrected chi connectivity index (χ1v) is 5.87. The van der Waals surface area contributed by atoms with Crippen LogP contribution in [0.1, 0.15) is 15.9 Å². The molecule has 72 valence electrons. The van der Waals surface area contributed by atoms with Gasteiger partial charge in [-0.1, -0.05) is 12.1 Å². The summed E-state index contributed by atoms with van der Waals surface area (Å²) in [6.07, 6.45) is 0.865. The van der Waals surface area contributed by atoms with Crippen molar-refractivity contribution >= 4 is 51.9 Å². The minimum Gasteiger partial charge on any atom is -0.298 e. The molecule has 0 fully saturated rings. The van der Waals surface area contributed by atoms with E-state index in [1.165, 1.54) is 11.3 Å². The smallest absolute Gasteiger partial charge is 0.151 e. The van der Waals surface area contributed by atoms with E-state index in [1.807, 2.05) is 17.5 Å². The molecule has 1 aromatic carbocycles. The summed E-state index contributed by atoms with van der Waals surface area (Å²) >= 11 is 11.6. The molecule has 4 heteroatoms. The number of thiophene rings is 1. The van der Waals surface area contributed by atoms with Crippen molar-refractivity contribution in [2.75, 3.05) is 0 Å². The fourth-order valence-electron chi connectivity index (χ4n) is 1.39. The molecule has 0 bridgehead atoms. The second-order valence-electron chi connectivity index (χ2n) is 2.89. The monoisotopic (exact) mass is 242 g/mol. The number of aldehydes is 1. The number of halogens is 1. The van der Waals surface area contributed by atoms with Crippen molar-refractivity contribution in [3.8, 4) is 0 Å². The SMILES string of the molecule is O=Cc1c(CCl)ccc2c(S)csc12. The van der Waals surface area contributed by atoms with Gasteiger partial charge in [0.1, 0.15) is 0 Å². The van der Waals surface area contributed by atoms with Gasteiger partial charge in [-0.15, -0.1) is 35.6 Å². The molecule has 2 aromatic rings. The van der Waals surface area contributed by atoms with Crippen LogP contribution in [0.25, 0.3) is 10.1 Å². The molecule has 2 rings (SSSR count). The molecule has 0 aliphatic rings. The lowest BCUT2D eigenvalue weighted by molar-refractivity contribution is 0.112. The third-order valence-electron chi connectivity index (χ3n) is 2.11. The van der Waals surface area contributed by atoms with Gasteiger partial charge >= 0.3 is 0 Å². The van der Waals surface area contributed by atoms with Crippen LogP contribution in [0, 0.1) is 0 Å². The Hall–Kier alpha value is -0.510. The molecule has 1 heterocycles. The van der Waals surface area contributed by atoms with Crippen LogP contribution in [-0.4, -0.2) is 6.29 Å². The summed E-state index contributed by atoms with van der Waals surface area (Å²) in [6.45, 7) is 0. The molecule has 0 aliphatic carbocycles. The normalized spacial score (nSPS) is 10.7. The average Bonchev–Trinajstić information content (AvgIpc) is 2.59. The molecule has 14 heavy (non-hydrogen) atoms. The van der Waals surface area contributed by atoms with Gasteiger partial charge in [0.05, 0.1) is 0 Å². The molecule has 0 spiro atoms. The number of carbonyl (C=O) groups excluding carboxylic acids is 1. The molecule has 0 aliphatic heterocycles. The zero-order valence-electron chi connectivity index (χ0n) is 7.16. The van der Waals surface area contributed by atoms with Crippen LogP contribution in [0.4, 0.5) is 0 Å². The van der Waals surface area contributed by atoms with E-state index in [0.717, 1.165) is 26.8 Å². The molecule has 0 radical (unpaired) electrons. The van der Waals surface area contributed by atoms with Gasteiger partial charge in [-0.25, -0.2) is 0 Å². The van der Waals surface area contributed by atoms with Crippen LogP contribution in [0.5, 0.6) is 0 Å². The molecule has 0 atom stereocenters. The summed E-state index contributed by atoms with van der Waals surface area (Å²) in [5.74, 6) is 0.365. The summed E-state index contributed by atoms with van der Waals surface area (Å²) in [4.78, 5) is 11.8. The second kappa shape index (κ2) is 3.93. The average molecular weight is 243 g/mol. The molecule has 0 saturated carbocycles. The lowest BCUT2D eigenvalue weighted by atomic mass is 10.1. The van der Waals surface area contributed by atoms with Crippen LogP contribution < -0.4 is 0 Å². The van der Waals surface area contributed by atoms with Gasteiger partial charge in [-0.05, 0) is 5.56 Å². The van der Waals surface area contributed by atoms with Crippen LogP contribution in [0.2, 0.25) is 0 Å². The predicted octanol–water partition coefficient (Wildman–Crippen LogP) is 3.74. The maximum Gasteiger partial charge on any atom is 0.151 e. The highest BCUT2D eigenvalue weighted by atomic mass is 35.5. The Morgan fingerprint density at radius 3 is 2.93 bits per heavy atom. The highest BCUT2D eigenvalue weighted by Crippen LogP contribution is 2.32. The maximum absolute atomic E-state index is 10.9. The van der Waals surface area contributed by atoms with E-state index in [9.17, 15) is 4.79 Å². The second-order valence-corrected chi connectivity index (χ2v) is 4.52. The first-order valence-electron chi connectivity index (χ1n) is 4.01. The third kappa shape index (κ3) is 1.45. The molecular formula is C10H7ClOS2. The summed E-state index contributed by atoms with van der Waals surface area (Å²) in [7, 11) is 0. The Labute approximate surface area is 96.1 Å². The maximum atomic E-state index is 10.9. The minimum atomic E-state index is 0.365. The summed E-state index contributed by atoms with van der Waals surface area (Å²) in [5.41, 5.74) is 1.58. The highest BCUT2D eigenvalue weighted by molar-refractivity contribution is 7.80. The van der Waals surface area contributed by atoms with E-state index in [1.54, 1.807) is 0 Å². The summed E-state index contributed by atoms with van der Waals surface area (Å²) in [6, 6.07) is 3.84. The minimum absolute atomic E-state index is 0.365. The largest absolute Gasteiger partial charge is 0.298 e. The zero-order valence-corrected chi connectivity index (χ0v) is 9.63. The number of thiol groups is 1. The Balaban J connectivity index is 2.84. The van der Waals surface area contributed by atoms with Crippen LogP contribution in [0.3, 0.4) is 0 Å². The lowest BCUT2D eigenvalue weighted by Gasteiger charge is -2.01. The van der Waals surface area contributed by atoms with Gasteiger partial charge in [0, 0.05) is 31.8 Å². The highest BCUT2D eigenvalue weighted by Gasteiger charge is 2.09. The van der Waals surface area contributed by atoms with Crippen LogP contribution in [0.15, 0.2) is 22.4 Å². The van der Waals surface area contributed by atoms with Crippen molar-refractivity contribution in [2.24, 2.45) is 0 Å².